The Balaban J connectivity index is 0.000000720. The van der Waals surface area contributed by atoms with Crippen LogP contribution in [0.3, 0.4) is 0 Å². The molecule has 1 spiro atoms. The van der Waals surface area contributed by atoms with Crippen molar-refractivity contribution in [1.82, 2.24) is 5.32 Å². The lowest BCUT2D eigenvalue weighted by atomic mass is 9.80. The third-order valence-electron chi connectivity index (χ3n) is 3.22. The molecule has 0 bridgehead atoms. The molecule has 1 aliphatic heterocycles. The first-order chi connectivity index (χ1) is 5.33. The van der Waals surface area contributed by atoms with Crippen LogP contribution < -0.4 is 5.32 Å². The van der Waals surface area contributed by atoms with E-state index in [2.05, 4.69) is 5.32 Å². The highest BCUT2D eigenvalue weighted by atomic mass is 35.5. The molecule has 1 aliphatic carbocycles. The van der Waals surface area contributed by atoms with Crippen LogP contribution in [0, 0.1) is 0 Å². The van der Waals surface area contributed by atoms with Gasteiger partial charge in [-0.25, -0.2) is 4.39 Å². The molecule has 1 saturated heterocycles. The van der Waals surface area contributed by atoms with Gasteiger partial charge in [0.1, 0.15) is 6.17 Å². The van der Waals surface area contributed by atoms with E-state index in [1.807, 2.05) is 0 Å². The van der Waals surface area contributed by atoms with Gasteiger partial charge >= 0.3 is 0 Å². The van der Waals surface area contributed by atoms with Gasteiger partial charge in [-0.05, 0) is 25.8 Å². The van der Waals surface area contributed by atoms with E-state index >= 15 is 0 Å². The highest BCUT2D eigenvalue weighted by molar-refractivity contribution is 5.85. The zero-order valence-electron chi connectivity index (χ0n) is 7.31. The van der Waals surface area contributed by atoms with Crippen molar-refractivity contribution >= 4 is 12.4 Å². The van der Waals surface area contributed by atoms with E-state index in [-0.39, 0.29) is 17.9 Å². The molecule has 0 radical (unpaired) electrons. The molecule has 0 amide bonds. The van der Waals surface area contributed by atoms with Crippen molar-refractivity contribution in [2.45, 2.75) is 50.2 Å². The lowest BCUT2D eigenvalue weighted by Gasteiger charge is -2.35. The second-order valence-electron chi connectivity index (χ2n) is 3.90. The van der Waals surface area contributed by atoms with Crippen LogP contribution >= 0.6 is 12.4 Å². The summed E-state index contributed by atoms with van der Waals surface area (Å²) >= 11 is 0. The summed E-state index contributed by atoms with van der Waals surface area (Å²) in [5.74, 6) is 0. The van der Waals surface area contributed by atoms with Crippen LogP contribution in [-0.4, -0.2) is 18.3 Å². The first-order valence-electron chi connectivity index (χ1n) is 4.73. The topological polar surface area (TPSA) is 12.0 Å². The van der Waals surface area contributed by atoms with E-state index in [0.29, 0.717) is 0 Å². The largest absolute Gasteiger partial charge is 0.309 e. The Kier molecular flexibility index (Phi) is 3.36. The molecular weight excluding hydrogens is 177 g/mol. The van der Waals surface area contributed by atoms with E-state index in [0.717, 1.165) is 25.8 Å². The Morgan fingerprint density at radius 1 is 1.17 bits per heavy atom. The van der Waals surface area contributed by atoms with Crippen LogP contribution in [0.2, 0.25) is 0 Å². The molecule has 2 rings (SSSR count). The van der Waals surface area contributed by atoms with Crippen LogP contribution in [0.1, 0.15) is 38.5 Å². The highest BCUT2D eigenvalue weighted by Gasteiger charge is 2.43. The molecule has 3 heteroatoms. The van der Waals surface area contributed by atoms with Gasteiger partial charge in [0.05, 0.1) is 0 Å². The summed E-state index contributed by atoms with van der Waals surface area (Å²) in [5.41, 5.74) is -0.0851. The molecular formula is C9H17ClFN. The Morgan fingerprint density at radius 2 is 1.83 bits per heavy atom. The lowest BCUT2D eigenvalue weighted by Crippen LogP contribution is -2.47. The minimum Gasteiger partial charge on any atom is -0.309 e. The molecule has 0 aromatic rings. The zero-order valence-corrected chi connectivity index (χ0v) is 8.13. The summed E-state index contributed by atoms with van der Waals surface area (Å²) in [7, 11) is 0. The maximum atomic E-state index is 13.4. The Morgan fingerprint density at radius 3 is 2.33 bits per heavy atom. The SMILES string of the molecule is Cl.FC1CCNC12CCCCC2. The summed E-state index contributed by atoms with van der Waals surface area (Å²) in [5, 5.41) is 3.35. The van der Waals surface area contributed by atoms with Crippen LogP contribution in [0.15, 0.2) is 0 Å². The third kappa shape index (κ3) is 1.60. The van der Waals surface area contributed by atoms with Crippen molar-refractivity contribution in [2.24, 2.45) is 0 Å². The quantitative estimate of drug-likeness (QED) is 0.623. The fourth-order valence-corrected chi connectivity index (χ4v) is 2.51. The maximum absolute atomic E-state index is 13.4. The lowest BCUT2D eigenvalue weighted by molar-refractivity contribution is 0.150. The molecule has 1 heterocycles. The van der Waals surface area contributed by atoms with Crippen LogP contribution in [-0.2, 0) is 0 Å². The molecule has 2 aliphatic rings. The first kappa shape index (κ1) is 10.3. The molecule has 12 heavy (non-hydrogen) atoms. The first-order valence-corrected chi connectivity index (χ1v) is 4.73. The van der Waals surface area contributed by atoms with E-state index in [9.17, 15) is 4.39 Å². The third-order valence-corrected chi connectivity index (χ3v) is 3.22. The van der Waals surface area contributed by atoms with Gasteiger partial charge in [-0.3, -0.25) is 0 Å². The second-order valence-corrected chi connectivity index (χ2v) is 3.90. The standard InChI is InChI=1S/C9H16FN.ClH/c10-8-4-7-11-9(8)5-2-1-3-6-9;/h8,11H,1-7H2;1H. The summed E-state index contributed by atoms with van der Waals surface area (Å²) in [4.78, 5) is 0. The van der Waals surface area contributed by atoms with E-state index in [1.165, 1.54) is 19.3 Å². The predicted molar refractivity (Wildman–Crippen MR) is 50.6 cm³/mol. The number of hydrogen-bond donors (Lipinski definition) is 1. The second kappa shape index (κ2) is 3.93. The van der Waals surface area contributed by atoms with Gasteiger partial charge in [0.15, 0.2) is 0 Å². The Labute approximate surface area is 79.5 Å². The fourth-order valence-electron chi connectivity index (χ4n) is 2.51. The number of hydrogen-bond acceptors (Lipinski definition) is 1. The molecule has 1 nitrogen and oxygen atoms in total. The van der Waals surface area contributed by atoms with Gasteiger partial charge in [-0.2, -0.15) is 0 Å². The summed E-state index contributed by atoms with van der Waals surface area (Å²) in [6.45, 7) is 0.890. The molecule has 72 valence electrons. The molecule has 1 N–H and O–H groups in total. The van der Waals surface area contributed by atoms with E-state index in [1.54, 1.807) is 0 Å². The van der Waals surface area contributed by atoms with Crippen molar-refractivity contribution in [1.29, 1.82) is 0 Å². The summed E-state index contributed by atoms with van der Waals surface area (Å²) < 4.78 is 13.4. The number of rotatable bonds is 0. The van der Waals surface area contributed by atoms with Gasteiger partial charge in [0, 0.05) is 5.54 Å². The van der Waals surface area contributed by atoms with E-state index in [4.69, 9.17) is 0 Å². The fraction of sp³-hybridized carbons (Fsp3) is 1.00. The smallest absolute Gasteiger partial charge is 0.119 e. The van der Waals surface area contributed by atoms with E-state index < -0.39 is 6.17 Å². The molecule has 0 aromatic carbocycles. The van der Waals surface area contributed by atoms with Crippen molar-refractivity contribution < 1.29 is 4.39 Å². The summed E-state index contributed by atoms with van der Waals surface area (Å²) in [6, 6.07) is 0. The Bertz CT molecular complexity index is 145. The minimum absolute atomic E-state index is 0. The number of alkyl halides is 1. The van der Waals surface area contributed by atoms with Crippen molar-refractivity contribution in [3.63, 3.8) is 0 Å². The minimum atomic E-state index is -0.567. The number of halogens is 2. The summed E-state index contributed by atoms with van der Waals surface area (Å²) in [6.07, 6.45) is 6.03. The Hall–Kier alpha value is 0.180. The van der Waals surface area contributed by atoms with Crippen molar-refractivity contribution in [3.8, 4) is 0 Å². The molecule has 1 saturated carbocycles. The van der Waals surface area contributed by atoms with Crippen molar-refractivity contribution in [3.05, 3.63) is 0 Å². The molecule has 2 fully saturated rings. The normalized spacial score (nSPS) is 33.2. The van der Waals surface area contributed by atoms with Gasteiger partial charge in [0.2, 0.25) is 0 Å². The van der Waals surface area contributed by atoms with Crippen LogP contribution in [0.5, 0.6) is 0 Å². The van der Waals surface area contributed by atoms with Gasteiger partial charge in [-0.1, -0.05) is 19.3 Å². The van der Waals surface area contributed by atoms with Gasteiger partial charge in [0.25, 0.3) is 0 Å². The van der Waals surface area contributed by atoms with Gasteiger partial charge < -0.3 is 5.32 Å². The molecule has 0 aromatic heterocycles. The molecule has 1 atom stereocenters. The highest BCUT2D eigenvalue weighted by Crippen LogP contribution is 2.36. The molecule has 1 unspecified atom stereocenters. The number of nitrogens with one attached hydrogen (secondary N) is 1. The van der Waals surface area contributed by atoms with Crippen molar-refractivity contribution in [2.75, 3.05) is 6.54 Å². The average Bonchev–Trinajstić information content (AvgIpc) is 2.36. The van der Waals surface area contributed by atoms with Crippen LogP contribution in [0.25, 0.3) is 0 Å². The zero-order chi connectivity index (χ0) is 7.73. The predicted octanol–water partition coefficient (Wildman–Crippen LogP) is 2.44. The monoisotopic (exact) mass is 193 g/mol. The van der Waals surface area contributed by atoms with Crippen LogP contribution in [0.4, 0.5) is 4.39 Å². The van der Waals surface area contributed by atoms with Gasteiger partial charge in [-0.15, -0.1) is 12.4 Å². The average molecular weight is 194 g/mol. The maximum Gasteiger partial charge on any atom is 0.119 e.